The zero-order valence-electron chi connectivity index (χ0n) is 8.32. The molecule has 0 saturated carbocycles. The van der Waals surface area contributed by atoms with Gasteiger partial charge in [0.2, 0.25) is 5.91 Å². The van der Waals surface area contributed by atoms with Gasteiger partial charge >= 0.3 is 0 Å². The Labute approximate surface area is 89.9 Å². The minimum absolute atomic E-state index is 0.188. The Kier molecular flexibility index (Phi) is 1.70. The fourth-order valence-corrected chi connectivity index (χ4v) is 1.88. The maximum atomic E-state index is 10.9. The molecule has 16 heavy (non-hydrogen) atoms. The zero-order valence-corrected chi connectivity index (χ0v) is 8.32. The van der Waals surface area contributed by atoms with Crippen molar-refractivity contribution < 1.29 is 4.79 Å². The van der Waals surface area contributed by atoms with Crippen LogP contribution in [0.4, 0.5) is 0 Å². The highest BCUT2D eigenvalue weighted by molar-refractivity contribution is 6.03. The quantitative estimate of drug-likeness (QED) is 0.579. The molecule has 0 aliphatic carbocycles. The molecule has 0 bridgehead atoms. The maximum absolute atomic E-state index is 10.9. The molecular weight excluding hydrogens is 206 g/mol. The number of aromatic amines is 2. The average molecular weight is 215 g/mol. The number of hydrogen-bond acceptors (Lipinski definition) is 3. The summed E-state index contributed by atoms with van der Waals surface area (Å²) in [6.45, 7) is 0. The van der Waals surface area contributed by atoms with E-state index in [1.807, 2.05) is 0 Å². The van der Waals surface area contributed by atoms with E-state index in [4.69, 9.17) is 5.73 Å². The Morgan fingerprint density at radius 2 is 2.25 bits per heavy atom. The first kappa shape index (κ1) is 8.90. The van der Waals surface area contributed by atoms with E-state index in [9.17, 15) is 4.79 Å². The van der Waals surface area contributed by atoms with E-state index in [0.717, 1.165) is 27.6 Å². The normalized spacial score (nSPS) is 11.2. The smallest absolute Gasteiger partial charge is 0.221 e. The van der Waals surface area contributed by atoms with E-state index < -0.39 is 0 Å². The summed E-state index contributed by atoms with van der Waals surface area (Å²) in [7, 11) is 0. The lowest BCUT2D eigenvalue weighted by Crippen LogP contribution is -2.13. The Bertz CT molecular complexity index is 681. The molecular formula is C10H9N5O. The van der Waals surface area contributed by atoms with Crippen molar-refractivity contribution in [2.24, 2.45) is 5.73 Å². The summed E-state index contributed by atoms with van der Waals surface area (Å²) in [5.74, 6) is -0.367. The van der Waals surface area contributed by atoms with Gasteiger partial charge in [0.05, 0.1) is 29.8 Å². The average Bonchev–Trinajstić information content (AvgIpc) is 2.82. The fraction of sp³-hybridized carbons (Fsp3) is 0.100. The molecule has 1 amide bonds. The molecule has 3 aromatic rings. The predicted octanol–water partition coefficient (Wildman–Crippen LogP) is 0.467. The SMILES string of the molecule is NC(=O)Cc1c[nH]c2ncc3[nH]cnc3c12. The van der Waals surface area contributed by atoms with Gasteiger partial charge in [-0.3, -0.25) is 4.79 Å². The van der Waals surface area contributed by atoms with Crippen LogP contribution in [0.5, 0.6) is 0 Å². The van der Waals surface area contributed by atoms with Gasteiger partial charge in [-0.1, -0.05) is 0 Å². The number of imidazole rings is 1. The monoisotopic (exact) mass is 215 g/mol. The van der Waals surface area contributed by atoms with Crippen LogP contribution in [-0.4, -0.2) is 25.8 Å². The van der Waals surface area contributed by atoms with Gasteiger partial charge in [-0.2, -0.15) is 0 Å². The molecule has 3 aromatic heterocycles. The maximum Gasteiger partial charge on any atom is 0.221 e. The molecule has 0 radical (unpaired) electrons. The molecule has 0 aromatic carbocycles. The van der Waals surface area contributed by atoms with E-state index in [1.54, 1.807) is 18.7 Å². The van der Waals surface area contributed by atoms with Crippen LogP contribution in [0.2, 0.25) is 0 Å². The van der Waals surface area contributed by atoms with Gasteiger partial charge in [0.1, 0.15) is 11.2 Å². The summed E-state index contributed by atoms with van der Waals surface area (Å²) in [6.07, 6.45) is 5.24. The second-order valence-electron chi connectivity index (χ2n) is 3.60. The molecule has 0 atom stereocenters. The zero-order chi connectivity index (χ0) is 11.1. The van der Waals surface area contributed by atoms with Crippen LogP contribution in [0.3, 0.4) is 0 Å². The van der Waals surface area contributed by atoms with Crippen LogP contribution in [0.25, 0.3) is 22.1 Å². The number of fused-ring (bicyclic) bond motifs is 3. The van der Waals surface area contributed by atoms with Crippen molar-refractivity contribution >= 4 is 28.0 Å². The van der Waals surface area contributed by atoms with Crippen molar-refractivity contribution in [3.63, 3.8) is 0 Å². The summed E-state index contributed by atoms with van der Waals surface area (Å²) in [4.78, 5) is 25.4. The third-order valence-corrected chi connectivity index (χ3v) is 2.53. The molecule has 0 unspecified atom stereocenters. The lowest BCUT2D eigenvalue weighted by Gasteiger charge is -1.95. The molecule has 6 nitrogen and oxygen atoms in total. The van der Waals surface area contributed by atoms with Gasteiger partial charge < -0.3 is 15.7 Å². The van der Waals surface area contributed by atoms with E-state index in [0.29, 0.717) is 0 Å². The van der Waals surface area contributed by atoms with Gasteiger partial charge in [-0.25, -0.2) is 9.97 Å². The molecule has 0 spiro atoms. The first-order valence-electron chi connectivity index (χ1n) is 4.82. The van der Waals surface area contributed by atoms with Crippen LogP contribution in [0.15, 0.2) is 18.7 Å². The van der Waals surface area contributed by atoms with E-state index >= 15 is 0 Å². The number of aromatic nitrogens is 4. The van der Waals surface area contributed by atoms with Crippen LogP contribution < -0.4 is 5.73 Å². The number of H-pyrrole nitrogens is 2. The summed E-state index contributed by atoms with van der Waals surface area (Å²) < 4.78 is 0. The highest BCUT2D eigenvalue weighted by Crippen LogP contribution is 2.24. The molecule has 3 rings (SSSR count). The highest BCUT2D eigenvalue weighted by Gasteiger charge is 2.12. The number of amides is 1. The van der Waals surface area contributed by atoms with Crippen LogP contribution in [0, 0.1) is 0 Å². The summed E-state index contributed by atoms with van der Waals surface area (Å²) in [5.41, 5.74) is 8.39. The van der Waals surface area contributed by atoms with Crippen molar-refractivity contribution in [2.75, 3.05) is 0 Å². The number of pyridine rings is 1. The summed E-state index contributed by atoms with van der Waals surface area (Å²) in [5, 5.41) is 0.859. The van der Waals surface area contributed by atoms with Crippen LogP contribution in [0.1, 0.15) is 5.56 Å². The minimum Gasteiger partial charge on any atom is -0.369 e. The Hall–Kier alpha value is -2.37. The topological polar surface area (TPSA) is 100 Å². The van der Waals surface area contributed by atoms with E-state index in [1.165, 1.54) is 0 Å². The number of nitrogens with zero attached hydrogens (tertiary/aromatic N) is 2. The fourth-order valence-electron chi connectivity index (χ4n) is 1.88. The van der Waals surface area contributed by atoms with E-state index in [-0.39, 0.29) is 12.3 Å². The number of carbonyl (C=O) groups is 1. The van der Waals surface area contributed by atoms with Gasteiger partial charge in [0.15, 0.2) is 0 Å². The van der Waals surface area contributed by atoms with Crippen LogP contribution >= 0.6 is 0 Å². The third kappa shape index (κ3) is 1.16. The first-order chi connectivity index (χ1) is 7.75. The minimum atomic E-state index is -0.367. The summed E-state index contributed by atoms with van der Waals surface area (Å²) >= 11 is 0. The second-order valence-corrected chi connectivity index (χ2v) is 3.60. The van der Waals surface area contributed by atoms with Gasteiger partial charge in [-0.05, 0) is 5.56 Å². The van der Waals surface area contributed by atoms with Crippen LogP contribution in [-0.2, 0) is 11.2 Å². The standard InChI is InChI=1S/C10H9N5O/c11-7(16)1-5-2-12-10-8(5)9-6(3-13-10)14-4-15-9/h2-4H,1H2,(H2,11,16)(H,12,13)(H,14,15). The highest BCUT2D eigenvalue weighted by atomic mass is 16.1. The van der Waals surface area contributed by atoms with Gasteiger partial charge in [0, 0.05) is 6.20 Å². The number of primary amides is 1. The van der Waals surface area contributed by atoms with E-state index in [2.05, 4.69) is 19.9 Å². The molecule has 4 N–H and O–H groups in total. The lowest BCUT2D eigenvalue weighted by molar-refractivity contribution is -0.117. The van der Waals surface area contributed by atoms with Crippen molar-refractivity contribution in [3.05, 3.63) is 24.3 Å². The molecule has 0 aliphatic rings. The number of nitrogens with one attached hydrogen (secondary N) is 2. The number of rotatable bonds is 2. The molecule has 0 saturated heterocycles. The Morgan fingerprint density at radius 1 is 1.38 bits per heavy atom. The van der Waals surface area contributed by atoms with Gasteiger partial charge in [-0.15, -0.1) is 0 Å². The predicted molar refractivity (Wildman–Crippen MR) is 58.6 cm³/mol. The number of hydrogen-bond donors (Lipinski definition) is 3. The molecule has 0 fully saturated rings. The number of nitrogens with two attached hydrogens (primary N) is 1. The largest absolute Gasteiger partial charge is 0.369 e. The number of carbonyl (C=O) groups excluding carboxylic acids is 1. The van der Waals surface area contributed by atoms with Crippen molar-refractivity contribution in [2.45, 2.75) is 6.42 Å². The lowest BCUT2D eigenvalue weighted by atomic mass is 10.1. The first-order valence-corrected chi connectivity index (χ1v) is 4.82. The molecule has 3 heterocycles. The Morgan fingerprint density at radius 3 is 3.06 bits per heavy atom. The third-order valence-electron chi connectivity index (χ3n) is 2.53. The molecule has 0 aliphatic heterocycles. The Balaban J connectivity index is 2.36. The van der Waals surface area contributed by atoms with Crippen molar-refractivity contribution in [1.82, 2.24) is 19.9 Å². The van der Waals surface area contributed by atoms with Crippen molar-refractivity contribution in [1.29, 1.82) is 0 Å². The summed E-state index contributed by atoms with van der Waals surface area (Å²) in [6, 6.07) is 0. The van der Waals surface area contributed by atoms with Crippen molar-refractivity contribution in [3.8, 4) is 0 Å². The van der Waals surface area contributed by atoms with Gasteiger partial charge in [0.25, 0.3) is 0 Å². The molecule has 80 valence electrons. The second kappa shape index (κ2) is 3.06. The molecule has 6 heteroatoms.